The Morgan fingerprint density at radius 2 is 0.828 bits per heavy atom. The molecule has 0 aliphatic carbocycles. The molecule has 0 unspecified atom stereocenters. The molecule has 64 heavy (non-hydrogen) atoms. The number of nitrogens with zero attached hydrogens (tertiary/aromatic N) is 1. The second kappa shape index (κ2) is 28.9. The molecule has 0 aliphatic heterocycles. The molecule has 0 spiro atoms. The fraction of sp³-hybridized carbons (Fsp3) is 0.638. The molecule has 3 amide bonds. The van der Waals surface area contributed by atoms with Gasteiger partial charge in [0.05, 0.1) is 19.8 Å². The van der Waals surface area contributed by atoms with Gasteiger partial charge in [0.15, 0.2) is 0 Å². The number of amides is 3. The van der Waals surface area contributed by atoms with Crippen molar-refractivity contribution in [1.29, 1.82) is 0 Å². The molecule has 364 valence electrons. The van der Waals surface area contributed by atoms with Gasteiger partial charge in [-0.05, 0) is 165 Å². The van der Waals surface area contributed by atoms with E-state index in [1.807, 2.05) is 45.0 Å². The van der Waals surface area contributed by atoms with Gasteiger partial charge in [0.25, 0.3) is 0 Å². The summed E-state index contributed by atoms with van der Waals surface area (Å²) in [5.41, 5.74) is -0.732. The SMILES string of the molecule is CC(C)(C)OC(=O)N(CCOCCCc1ccc(Br)cc1)C(=O)OC(C)(C)C.CC(C)(C)OC(=O)NCCOCCCc1ccc(Br)cc1.CC(C)(C)OC(=O)OC(=O)OC(C)(C)C. The van der Waals surface area contributed by atoms with Crippen molar-refractivity contribution in [2.45, 2.75) is 158 Å². The van der Waals surface area contributed by atoms with Gasteiger partial charge in [0, 0.05) is 28.7 Å². The first-order valence-electron chi connectivity index (χ1n) is 21.2. The van der Waals surface area contributed by atoms with Gasteiger partial charge < -0.3 is 43.2 Å². The third kappa shape index (κ3) is 36.4. The maximum atomic E-state index is 12.4. The fourth-order valence-corrected chi connectivity index (χ4v) is 4.99. The molecule has 2 rings (SSSR count). The van der Waals surface area contributed by atoms with Crippen LogP contribution in [-0.2, 0) is 50.7 Å². The van der Waals surface area contributed by atoms with Crippen molar-refractivity contribution < 1.29 is 61.9 Å². The minimum Gasteiger partial charge on any atom is -0.444 e. The zero-order valence-corrected chi connectivity index (χ0v) is 43.9. The van der Waals surface area contributed by atoms with Crippen LogP contribution in [0, 0.1) is 0 Å². The van der Waals surface area contributed by atoms with Gasteiger partial charge in [0.1, 0.15) is 28.0 Å². The second-order valence-electron chi connectivity index (χ2n) is 19.3. The Kier molecular flexibility index (Phi) is 27.1. The normalized spacial score (nSPS) is 11.6. The zero-order chi connectivity index (χ0) is 49.4. The number of imide groups is 1. The third-order valence-corrected chi connectivity index (χ3v) is 7.94. The number of halogens is 2. The van der Waals surface area contributed by atoms with E-state index in [1.165, 1.54) is 11.1 Å². The molecule has 0 saturated heterocycles. The second-order valence-corrected chi connectivity index (χ2v) is 21.1. The molecule has 0 radical (unpaired) electrons. The number of hydrogen-bond donors (Lipinski definition) is 1. The van der Waals surface area contributed by atoms with Crippen LogP contribution >= 0.6 is 31.9 Å². The van der Waals surface area contributed by atoms with Gasteiger partial charge in [-0.1, -0.05) is 56.1 Å². The highest BCUT2D eigenvalue weighted by atomic mass is 79.9. The third-order valence-electron chi connectivity index (χ3n) is 6.88. The predicted octanol–water partition coefficient (Wildman–Crippen LogP) is 12.4. The average Bonchev–Trinajstić information content (AvgIpc) is 3.09. The maximum Gasteiger partial charge on any atom is 0.519 e. The summed E-state index contributed by atoms with van der Waals surface area (Å²) in [5.74, 6) is 0. The number of rotatable bonds is 14. The minimum atomic E-state index is -1.06. The van der Waals surface area contributed by atoms with Crippen LogP contribution in [0.25, 0.3) is 0 Å². The lowest BCUT2D eigenvalue weighted by Gasteiger charge is -2.28. The van der Waals surface area contributed by atoms with Crippen molar-refractivity contribution in [3.8, 4) is 0 Å². The molecule has 17 heteroatoms. The largest absolute Gasteiger partial charge is 0.519 e. The lowest BCUT2D eigenvalue weighted by atomic mass is 10.1. The highest BCUT2D eigenvalue weighted by molar-refractivity contribution is 9.10. The molecule has 0 aliphatic rings. The summed E-state index contributed by atoms with van der Waals surface area (Å²) in [4.78, 5) is 59.1. The quantitative estimate of drug-likeness (QED) is 0.0820. The number of aryl methyl sites for hydroxylation is 2. The number of benzene rings is 2. The van der Waals surface area contributed by atoms with Crippen LogP contribution in [0.2, 0.25) is 0 Å². The molecule has 0 bridgehead atoms. The number of ether oxygens (including phenoxy) is 8. The molecule has 0 atom stereocenters. The Bertz CT molecular complexity index is 1630. The molecular formula is C47H74Br2N2O13. The highest BCUT2D eigenvalue weighted by Crippen LogP contribution is 2.16. The molecule has 0 aromatic heterocycles. The molecular weight excluding hydrogens is 960 g/mol. The van der Waals surface area contributed by atoms with Crippen molar-refractivity contribution in [1.82, 2.24) is 10.2 Å². The number of carbonyl (C=O) groups excluding carboxylic acids is 5. The summed E-state index contributed by atoms with van der Waals surface area (Å²) >= 11 is 6.83. The minimum absolute atomic E-state index is 0.0715. The van der Waals surface area contributed by atoms with E-state index in [2.05, 4.69) is 66.2 Å². The van der Waals surface area contributed by atoms with Gasteiger partial charge in [-0.2, -0.15) is 0 Å². The molecule has 1 N–H and O–H groups in total. The summed E-state index contributed by atoms with van der Waals surface area (Å²) in [6.07, 6.45) is -0.286. The van der Waals surface area contributed by atoms with E-state index in [-0.39, 0.29) is 13.2 Å². The van der Waals surface area contributed by atoms with E-state index in [4.69, 9.17) is 33.2 Å². The van der Waals surface area contributed by atoms with E-state index >= 15 is 0 Å². The zero-order valence-electron chi connectivity index (χ0n) is 40.7. The molecule has 2 aromatic carbocycles. The maximum absolute atomic E-state index is 12.4. The van der Waals surface area contributed by atoms with Crippen LogP contribution in [0.15, 0.2) is 57.5 Å². The van der Waals surface area contributed by atoms with Gasteiger partial charge in [-0.25, -0.2) is 28.9 Å². The Morgan fingerprint density at radius 1 is 0.484 bits per heavy atom. The number of hydrogen-bond acceptors (Lipinski definition) is 13. The van der Waals surface area contributed by atoms with Crippen molar-refractivity contribution in [3.63, 3.8) is 0 Å². The van der Waals surface area contributed by atoms with Crippen molar-refractivity contribution >= 4 is 62.5 Å². The summed E-state index contributed by atoms with van der Waals surface area (Å²) < 4.78 is 42.8. The Labute approximate surface area is 398 Å². The monoisotopic (exact) mass is 1030 g/mol. The first-order chi connectivity index (χ1) is 29.2. The van der Waals surface area contributed by atoms with E-state index in [0.29, 0.717) is 26.4 Å². The van der Waals surface area contributed by atoms with E-state index in [9.17, 15) is 24.0 Å². The van der Waals surface area contributed by atoms with Crippen LogP contribution in [0.3, 0.4) is 0 Å². The molecule has 0 saturated carbocycles. The lowest BCUT2D eigenvalue weighted by molar-refractivity contribution is -0.0296. The summed E-state index contributed by atoms with van der Waals surface area (Å²) in [6, 6.07) is 16.4. The van der Waals surface area contributed by atoms with E-state index in [0.717, 1.165) is 39.5 Å². The van der Waals surface area contributed by atoms with Crippen molar-refractivity contribution in [3.05, 3.63) is 68.6 Å². The summed E-state index contributed by atoms with van der Waals surface area (Å²) in [6.45, 7) is 28.5. The smallest absolute Gasteiger partial charge is 0.444 e. The van der Waals surface area contributed by atoms with Crippen LogP contribution < -0.4 is 5.32 Å². The van der Waals surface area contributed by atoms with Gasteiger partial charge in [-0.3, -0.25) is 0 Å². The predicted molar refractivity (Wildman–Crippen MR) is 254 cm³/mol. The first kappa shape index (κ1) is 60.1. The van der Waals surface area contributed by atoms with Gasteiger partial charge in [0.2, 0.25) is 0 Å². The van der Waals surface area contributed by atoms with Crippen LogP contribution in [-0.4, -0.2) is 103 Å². The average molecular weight is 1030 g/mol. The Balaban J connectivity index is 0.000000978. The standard InChI is InChI=1S/C21H32BrNO5.C16H24BrNO3.C10H18O5/c1-20(2,3)27-18(24)23(19(25)28-21(4,5)6)13-15-26-14-7-8-16-9-11-17(22)12-10-16;1-16(2,3)21-15(19)18-10-12-20-11-4-5-13-6-8-14(17)9-7-13;1-9(2,3)14-7(11)13-8(12)15-10(4,5)6/h9-12H,7-8,13-15H2,1-6H3;6-9H,4-5,10-12H2,1-3H3,(H,18,19);1-6H3. The van der Waals surface area contributed by atoms with E-state index in [1.54, 1.807) is 83.1 Å². The molecule has 0 fully saturated rings. The van der Waals surface area contributed by atoms with Crippen LogP contribution in [0.1, 0.15) is 128 Å². The van der Waals surface area contributed by atoms with Crippen molar-refractivity contribution in [2.75, 3.05) is 39.5 Å². The van der Waals surface area contributed by atoms with Gasteiger partial charge >= 0.3 is 30.6 Å². The highest BCUT2D eigenvalue weighted by Gasteiger charge is 2.31. The first-order valence-corrected chi connectivity index (χ1v) is 22.8. The van der Waals surface area contributed by atoms with Crippen molar-refractivity contribution in [2.24, 2.45) is 0 Å². The molecule has 15 nitrogen and oxygen atoms in total. The lowest BCUT2D eigenvalue weighted by Crippen LogP contribution is -2.45. The Hall–Kier alpha value is -3.93. The number of alkyl carbamates (subject to hydrolysis) is 1. The van der Waals surface area contributed by atoms with Gasteiger partial charge in [-0.15, -0.1) is 0 Å². The summed E-state index contributed by atoms with van der Waals surface area (Å²) in [7, 11) is 0. The molecule has 2 aromatic rings. The van der Waals surface area contributed by atoms with E-state index < -0.39 is 58.6 Å². The molecule has 0 heterocycles. The Morgan fingerprint density at radius 3 is 1.17 bits per heavy atom. The van der Waals surface area contributed by atoms with Crippen LogP contribution in [0.5, 0.6) is 0 Å². The fourth-order valence-electron chi connectivity index (χ4n) is 4.46. The summed E-state index contributed by atoms with van der Waals surface area (Å²) in [5, 5.41) is 2.66. The topological polar surface area (TPSA) is 174 Å². The number of carbonyl (C=O) groups is 5. The number of nitrogens with one attached hydrogen (secondary N) is 1. The van der Waals surface area contributed by atoms with Crippen LogP contribution in [0.4, 0.5) is 24.0 Å².